The molecule has 1 aromatic carbocycles. The standard InChI is InChI=1S/C13H16N4O4S2/c1-4-11-15-16-13(22-11)14-12(18)9-6-5-7-10(8-9)23(19,20)17(2)21-3/h5-8H,4H2,1-3H3,(H,14,16,18). The maximum absolute atomic E-state index is 12.2. The Morgan fingerprint density at radius 3 is 2.74 bits per heavy atom. The molecule has 10 heteroatoms. The van der Waals surface area contributed by atoms with Crippen molar-refractivity contribution in [3.63, 3.8) is 0 Å². The third-order valence-electron chi connectivity index (χ3n) is 2.98. The lowest BCUT2D eigenvalue weighted by Gasteiger charge is -2.14. The van der Waals surface area contributed by atoms with E-state index < -0.39 is 15.9 Å². The zero-order valence-electron chi connectivity index (χ0n) is 12.8. The molecule has 0 unspecified atom stereocenters. The van der Waals surface area contributed by atoms with E-state index in [1.807, 2.05) is 6.92 Å². The number of nitrogens with zero attached hydrogens (tertiary/aromatic N) is 3. The summed E-state index contributed by atoms with van der Waals surface area (Å²) in [6.07, 6.45) is 0.727. The fourth-order valence-electron chi connectivity index (χ4n) is 1.66. The molecule has 2 aromatic rings. The first-order chi connectivity index (χ1) is 10.9. The van der Waals surface area contributed by atoms with Crippen molar-refractivity contribution in [2.75, 3.05) is 19.5 Å². The van der Waals surface area contributed by atoms with Crippen LogP contribution in [0.3, 0.4) is 0 Å². The van der Waals surface area contributed by atoms with Gasteiger partial charge in [-0.05, 0) is 24.6 Å². The first kappa shape index (κ1) is 17.5. The second kappa shape index (κ2) is 7.13. The number of hydroxylamine groups is 1. The number of sulfonamides is 1. The molecule has 1 N–H and O–H groups in total. The molecule has 2 rings (SSSR count). The Hall–Kier alpha value is -1.88. The van der Waals surface area contributed by atoms with Gasteiger partial charge in [-0.3, -0.25) is 14.9 Å². The fourth-order valence-corrected chi connectivity index (χ4v) is 3.35. The summed E-state index contributed by atoms with van der Waals surface area (Å²) in [6, 6.07) is 5.68. The first-order valence-electron chi connectivity index (χ1n) is 6.65. The number of hydrogen-bond donors (Lipinski definition) is 1. The van der Waals surface area contributed by atoms with Gasteiger partial charge in [0, 0.05) is 12.6 Å². The Morgan fingerprint density at radius 1 is 1.39 bits per heavy atom. The predicted molar refractivity (Wildman–Crippen MR) is 85.6 cm³/mol. The summed E-state index contributed by atoms with van der Waals surface area (Å²) in [6.45, 7) is 1.94. The molecule has 124 valence electrons. The van der Waals surface area contributed by atoms with Crippen LogP contribution in [0.2, 0.25) is 0 Å². The van der Waals surface area contributed by atoms with E-state index in [1.165, 1.54) is 49.8 Å². The van der Waals surface area contributed by atoms with Crippen LogP contribution in [-0.2, 0) is 21.3 Å². The number of carbonyl (C=O) groups is 1. The van der Waals surface area contributed by atoms with E-state index in [0.29, 0.717) is 5.13 Å². The van der Waals surface area contributed by atoms with Crippen LogP contribution in [0, 0.1) is 0 Å². The molecule has 0 spiro atoms. The predicted octanol–water partition coefficient (Wildman–Crippen LogP) is 1.53. The van der Waals surface area contributed by atoms with Gasteiger partial charge in [-0.2, -0.15) is 0 Å². The van der Waals surface area contributed by atoms with Gasteiger partial charge < -0.3 is 0 Å². The van der Waals surface area contributed by atoms with Crippen molar-refractivity contribution >= 4 is 32.4 Å². The molecular formula is C13H16N4O4S2. The van der Waals surface area contributed by atoms with E-state index in [-0.39, 0.29) is 10.5 Å². The van der Waals surface area contributed by atoms with Gasteiger partial charge in [0.2, 0.25) is 5.13 Å². The Labute approximate surface area is 138 Å². The lowest BCUT2D eigenvalue weighted by atomic mass is 10.2. The lowest BCUT2D eigenvalue weighted by Crippen LogP contribution is -2.26. The summed E-state index contributed by atoms with van der Waals surface area (Å²) >= 11 is 1.27. The van der Waals surface area contributed by atoms with E-state index >= 15 is 0 Å². The molecule has 8 nitrogen and oxygen atoms in total. The van der Waals surface area contributed by atoms with E-state index in [4.69, 9.17) is 4.84 Å². The molecule has 0 fully saturated rings. The lowest BCUT2D eigenvalue weighted by molar-refractivity contribution is -0.0258. The van der Waals surface area contributed by atoms with Gasteiger partial charge in [0.1, 0.15) is 5.01 Å². The smallest absolute Gasteiger partial charge is 0.264 e. The second-order valence-electron chi connectivity index (χ2n) is 4.43. The molecule has 23 heavy (non-hydrogen) atoms. The van der Waals surface area contributed by atoms with Crippen LogP contribution < -0.4 is 5.32 Å². The van der Waals surface area contributed by atoms with Crippen LogP contribution in [-0.4, -0.2) is 43.1 Å². The van der Waals surface area contributed by atoms with Crippen LogP contribution in [0.15, 0.2) is 29.2 Å². The number of rotatable bonds is 6. The van der Waals surface area contributed by atoms with Gasteiger partial charge in [-0.1, -0.05) is 28.8 Å². The molecule has 1 aromatic heterocycles. The van der Waals surface area contributed by atoms with Crippen LogP contribution in [0.4, 0.5) is 5.13 Å². The minimum Gasteiger partial charge on any atom is -0.296 e. The van der Waals surface area contributed by atoms with Gasteiger partial charge in [-0.15, -0.1) is 10.2 Å². The normalized spacial score (nSPS) is 11.7. The summed E-state index contributed by atoms with van der Waals surface area (Å²) in [5.74, 6) is -0.457. The van der Waals surface area contributed by atoms with Gasteiger partial charge in [0.25, 0.3) is 15.9 Å². The number of carbonyl (C=O) groups excluding carboxylic acids is 1. The van der Waals surface area contributed by atoms with Gasteiger partial charge in [-0.25, -0.2) is 8.42 Å². The maximum Gasteiger partial charge on any atom is 0.264 e. The number of benzene rings is 1. The van der Waals surface area contributed by atoms with Crippen molar-refractivity contribution in [2.24, 2.45) is 0 Å². The monoisotopic (exact) mass is 356 g/mol. The van der Waals surface area contributed by atoms with Crippen molar-refractivity contribution in [3.05, 3.63) is 34.8 Å². The molecule has 0 saturated carbocycles. The number of aromatic nitrogens is 2. The number of amides is 1. The summed E-state index contributed by atoms with van der Waals surface area (Å²) in [7, 11) is -1.29. The average molecular weight is 356 g/mol. The zero-order chi connectivity index (χ0) is 17.0. The largest absolute Gasteiger partial charge is 0.296 e. The summed E-state index contributed by atoms with van der Waals surface area (Å²) in [4.78, 5) is 16.9. The molecular weight excluding hydrogens is 340 g/mol. The van der Waals surface area contributed by atoms with Gasteiger partial charge in [0.05, 0.1) is 12.0 Å². The zero-order valence-corrected chi connectivity index (χ0v) is 14.4. The second-order valence-corrected chi connectivity index (χ2v) is 7.43. The topological polar surface area (TPSA) is 101 Å². The van der Waals surface area contributed by atoms with Crippen LogP contribution >= 0.6 is 11.3 Å². The highest BCUT2D eigenvalue weighted by atomic mass is 32.2. The molecule has 0 aliphatic heterocycles. The number of nitrogens with one attached hydrogen (secondary N) is 1. The van der Waals surface area contributed by atoms with Crippen LogP contribution in [0.25, 0.3) is 0 Å². The molecule has 0 saturated heterocycles. The number of aryl methyl sites for hydroxylation is 1. The highest BCUT2D eigenvalue weighted by Gasteiger charge is 2.22. The van der Waals surface area contributed by atoms with Crippen molar-refractivity contribution in [1.82, 2.24) is 14.7 Å². The summed E-state index contributed by atoms with van der Waals surface area (Å²) in [5, 5.41) is 11.5. The SMILES string of the molecule is CCc1nnc(NC(=O)c2cccc(S(=O)(=O)N(C)OC)c2)s1. The van der Waals surface area contributed by atoms with Crippen molar-refractivity contribution in [3.8, 4) is 0 Å². The minimum absolute atomic E-state index is 0.0407. The minimum atomic E-state index is -3.81. The Balaban J connectivity index is 2.24. The fraction of sp³-hybridized carbons (Fsp3) is 0.308. The number of anilines is 1. The van der Waals surface area contributed by atoms with Gasteiger partial charge in [0.15, 0.2) is 0 Å². The van der Waals surface area contributed by atoms with E-state index in [1.54, 1.807) is 0 Å². The van der Waals surface area contributed by atoms with Crippen LogP contribution in [0.1, 0.15) is 22.3 Å². The van der Waals surface area contributed by atoms with E-state index in [0.717, 1.165) is 15.9 Å². The summed E-state index contributed by atoms with van der Waals surface area (Å²) in [5.41, 5.74) is 0.198. The molecule has 0 aliphatic rings. The summed E-state index contributed by atoms with van der Waals surface area (Å²) < 4.78 is 25.1. The maximum atomic E-state index is 12.2. The highest BCUT2D eigenvalue weighted by molar-refractivity contribution is 7.89. The highest BCUT2D eigenvalue weighted by Crippen LogP contribution is 2.19. The number of hydrogen-bond acceptors (Lipinski definition) is 7. The third-order valence-corrected chi connectivity index (χ3v) is 5.64. The average Bonchev–Trinajstić information content (AvgIpc) is 3.01. The molecule has 0 atom stereocenters. The van der Waals surface area contributed by atoms with Gasteiger partial charge >= 0.3 is 0 Å². The Morgan fingerprint density at radius 2 is 2.13 bits per heavy atom. The molecule has 0 aliphatic carbocycles. The van der Waals surface area contributed by atoms with E-state index in [9.17, 15) is 13.2 Å². The third kappa shape index (κ3) is 3.91. The molecule has 0 radical (unpaired) electrons. The Kier molecular flexibility index (Phi) is 5.42. The molecule has 1 heterocycles. The van der Waals surface area contributed by atoms with Crippen molar-refractivity contribution in [1.29, 1.82) is 0 Å². The van der Waals surface area contributed by atoms with Crippen molar-refractivity contribution in [2.45, 2.75) is 18.2 Å². The Bertz CT molecular complexity index is 804. The molecule has 0 bridgehead atoms. The molecule has 1 amide bonds. The first-order valence-corrected chi connectivity index (χ1v) is 8.91. The van der Waals surface area contributed by atoms with Crippen molar-refractivity contribution < 1.29 is 18.0 Å². The van der Waals surface area contributed by atoms with E-state index in [2.05, 4.69) is 15.5 Å². The van der Waals surface area contributed by atoms with Crippen LogP contribution in [0.5, 0.6) is 0 Å². The quantitative estimate of drug-likeness (QED) is 0.788.